The van der Waals surface area contributed by atoms with E-state index in [1.54, 1.807) is 13.1 Å². The molecule has 0 spiro atoms. The maximum atomic E-state index is 13.1. The number of H-pyrrole nitrogens is 1. The van der Waals surface area contributed by atoms with E-state index in [4.69, 9.17) is 4.74 Å². The summed E-state index contributed by atoms with van der Waals surface area (Å²) in [5.74, 6) is -0.389. The van der Waals surface area contributed by atoms with Gasteiger partial charge in [-0.25, -0.2) is 4.79 Å². The highest BCUT2D eigenvalue weighted by Gasteiger charge is 2.27. The summed E-state index contributed by atoms with van der Waals surface area (Å²) in [5.41, 5.74) is 5.58. The lowest BCUT2D eigenvalue weighted by Gasteiger charge is -2.20. The molecule has 1 aromatic carbocycles. The number of nitrogens with one attached hydrogen (secondary N) is 2. The Bertz CT molecular complexity index is 1090. The van der Waals surface area contributed by atoms with Crippen LogP contribution in [0.15, 0.2) is 66.2 Å². The third kappa shape index (κ3) is 7.02. The Morgan fingerprint density at radius 3 is 2.42 bits per heavy atom. The van der Waals surface area contributed by atoms with Gasteiger partial charge in [-0.05, 0) is 58.0 Å². The van der Waals surface area contributed by atoms with Crippen LogP contribution in [0.5, 0.6) is 0 Å². The van der Waals surface area contributed by atoms with Gasteiger partial charge in [-0.2, -0.15) is 0 Å². The maximum absolute atomic E-state index is 13.1. The van der Waals surface area contributed by atoms with Crippen molar-refractivity contribution in [2.45, 2.75) is 39.8 Å². The molecule has 2 rings (SSSR count). The van der Waals surface area contributed by atoms with E-state index in [0.717, 1.165) is 33.8 Å². The van der Waals surface area contributed by atoms with Crippen molar-refractivity contribution in [2.24, 2.45) is 4.99 Å². The minimum absolute atomic E-state index is 0.389. The van der Waals surface area contributed by atoms with Crippen LogP contribution in [-0.2, 0) is 11.3 Å². The third-order valence-electron chi connectivity index (χ3n) is 4.80. The fourth-order valence-corrected chi connectivity index (χ4v) is 3.35. The first-order valence-corrected chi connectivity index (χ1v) is 10.9. The van der Waals surface area contributed by atoms with Crippen LogP contribution in [0.4, 0.5) is 0 Å². The lowest BCUT2D eigenvalue weighted by molar-refractivity contribution is 0.00682. The zero-order chi connectivity index (χ0) is 24.6. The van der Waals surface area contributed by atoms with Gasteiger partial charge < -0.3 is 15.0 Å². The summed E-state index contributed by atoms with van der Waals surface area (Å²) in [6, 6.07) is 10.0. The van der Waals surface area contributed by atoms with Crippen molar-refractivity contribution in [3.8, 4) is 0 Å². The van der Waals surface area contributed by atoms with Gasteiger partial charge in [0.05, 0.1) is 17.0 Å². The van der Waals surface area contributed by atoms with Crippen molar-refractivity contribution < 1.29 is 9.53 Å². The average molecular weight is 446 g/mol. The first-order chi connectivity index (χ1) is 15.6. The number of carbonyl (C=O) groups excluding carboxylic acids is 1. The molecule has 0 unspecified atom stereocenters. The SMILES string of the molecule is C=Cc1c(/C(=C/C(/C=C/c2ccccc2)=NC)C(=C)C)[nH]c(CNC)c1C(=O)OC(C)(C)C. The summed E-state index contributed by atoms with van der Waals surface area (Å²) in [4.78, 5) is 20.9. The molecule has 1 aromatic heterocycles. The van der Waals surface area contributed by atoms with E-state index in [-0.39, 0.29) is 5.97 Å². The number of allylic oxidation sites excluding steroid dienone is 4. The molecular weight excluding hydrogens is 410 g/mol. The van der Waals surface area contributed by atoms with E-state index in [9.17, 15) is 4.79 Å². The highest BCUT2D eigenvalue weighted by molar-refractivity contribution is 6.12. The van der Waals surface area contributed by atoms with Crippen LogP contribution in [-0.4, -0.2) is 36.4 Å². The average Bonchev–Trinajstić information content (AvgIpc) is 3.11. The predicted octanol–water partition coefficient (Wildman–Crippen LogP) is 6.08. The molecule has 0 aliphatic heterocycles. The second-order valence-corrected chi connectivity index (χ2v) is 8.73. The number of carbonyl (C=O) groups is 1. The molecular formula is C28H35N3O2. The second-order valence-electron chi connectivity index (χ2n) is 8.73. The second kappa shape index (κ2) is 11.4. The van der Waals surface area contributed by atoms with Crippen LogP contribution in [0.3, 0.4) is 0 Å². The molecule has 5 heteroatoms. The van der Waals surface area contributed by atoms with Crippen molar-refractivity contribution >= 4 is 29.4 Å². The fourth-order valence-electron chi connectivity index (χ4n) is 3.35. The van der Waals surface area contributed by atoms with Gasteiger partial charge in [0.2, 0.25) is 0 Å². The fraction of sp³-hybridized carbons (Fsp3) is 0.286. The molecule has 1 heterocycles. The topological polar surface area (TPSA) is 66.5 Å². The molecule has 0 aliphatic rings. The molecule has 0 fully saturated rings. The van der Waals surface area contributed by atoms with Gasteiger partial charge in [0, 0.05) is 30.4 Å². The number of esters is 1. The van der Waals surface area contributed by atoms with Crippen molar-refractivity contribution in [3.05, 3.63) is 89.3 Å². The Morgan fingerprint density at radius 1 is 1.24 bits per heavy atom. The highest BCUT2D eigenvalue weighted by Crippen LogP contribution is 2.31. The predicted molar refractivity (Wildman–Crippen MR) is 140 cm³/mol. The number of aliphatic imine (C=N–C) groups is 1. The van der Waals surface area contributed by atoms with Gasteiger partial charge in [0.15, 0.2) is 0 Å². The smallest absolute Gasteiger partial charge is 0.341 e. The van der Waals surface area contributed by atoms with Crippen LogP contribution >= 0.6 is 0 Å². The summed E-state index contributed by atoms with van der Waals surface area (Å²) in [6.07, 6.45) is 7.61. The van der Waals surface area contributed by atoms with Crippen LogP contribution in [0.25, 0.3) is 17.7 Å². The molecule has 33 heavy (non-hydrogen) atoms. The Labute approximate surface area is 197 Å². The number of benzene rings is 1. The molecule has 0 amide bonds. The molecule has 2 N–H and O–H groups in total. The zero-order valence-electron chi connectivity index (χ0n) is 20.6. The molecule has 0 radical (unpaired) electrons. The minimum Gasteiger partial charge on any atom is -0.456 e. The standard InChI is InChI=1S/C28H35N3O2/c1-9-22-25(27(32)33-28(4,5)6)24(18-29-7)31-26(22)23(19(2)3)17-21(30-8)16-15-20-13-11-10-12-14-20/h9-17,29,31H,1-2,18H2,3-8H3/b16-15+,23-17+,30-21?. The van der Waals surface area contributed by atoms with Crippen molar-refractivity contribution in [1.29, 1.82) is 0 Å². The number of rotatable bonds is 9. The number of hydrogen-bond acceptors (Lipinski definition) is 4. The number of aromatic amines is 1. The maximum Gasteiger partial charge on any atom is 0.341 e. The summed E-state index contributed by atoms with van der Waals surface area (Å²) < 4.78 is 5.69. The van der Waals surface area contributed by atoms with Crippen LogP contribution in [0.1, 0.15) is 60.6 Å². The highest BCUT2D eigenvalue weighted by atomic mass is 16.6. The van der Waals surface area contributed by atoms with E-state index < -0.39 is 5.60 Å². The lowest BCUT2D eigenvalue weighted by Crippen LogP contribution is -2.25. The molecule has 2 aromatic rings. The molecule has 0 aliphatic carbocycles. The lowest BCUT2D eigenvalue weighted by atomic mass is 9.98. The summed E-state index contributed by atoms with van der Waals surface area (Å²) in [7, 11) is 3.58. The first-order valence-electron chi connectivity index (χ1n) is 10.9. The number of aromatic nitrogens is 1. The quantitative estimate of drug-likeness (QED) is 0.279. The van der Waals surface area contributed by atoms with Crippen molar-refractivity contribution in [3.63, 3.8) is 0 Å². The van der Waals surface area contributed by atoms with Crippen molar-refractivity contribution in [2.75, 3.05) is 14.1 Å². The normalized spacial score (nSPS) is 12.8. The van der Waals surface area contributed by atoms with Gasteiger partial charge in [-0.15, -0.1) is 0 Å². The van der Waals surface area contributed by atoms with E-state index in [1.165, 1.54) is 0 Å². The largest absolute Gasteiger partial charge is 0.456 e. The molecule has 174 valence electrons. The molecule has 0 saturated heterocycles. The van der Waals surface area contributed by atoms with Crippen LogP contribution < -0.4 is 5.32 Å². The summed E-state index contributed by atoms with van der Waals surface area (Å²) >= 11 is 0. The number of hydrogen-bond donors (Lipinski definition) is 2. The molecule has 0 saturated carbocycles. The van der Waals surface area contributed by atoms with Crippen LogP contribution in [0, 0.1) is 0 Å². The van der Waals surface area contributed by atoms with Gasteiger partial charge in [-0.3, -0.25) is 4.99 Å². The minimum atomic E-state index is -0.610. The Balaban J connectivity index is 2.60. The number of nitrogens with zero attached hydrogens (tertiary/aromatic N) is 1. The molecule has 0 atom stereocenters. The molecule has 5 nitrogen and oxygen atoms in total. The van der Waals surface area contributed by atoms with Crippen LogP contribution in [0.2, 0.25) is 0 Å². The van der Waals surface area contributed by atoms with E-state index >= 15 is 0 Å². The van der Waals surface area contributed by atoms with E-state index in [1.807, 2.05) is 83.3 Å². The number of ether oxygens (including phenoxy) is 1. The Kier molecular flexibility index (Phi) is 8.94. The Hall–Kier alpha value is -3.44. The Morgan fingerprint density at radius 2 is 1.91 bits per heavy atom. The summed E-state index contributed by atoms with van der Waals surface area (Å²) in [6.45, 7) is 16.1. The monoisotopic (exact) mass is 445 g/mol. The van der Waals surface area contributed by atoms with Gasteiger partial charge >= 0.3 is 5.97 Å². The molecule has 0 bridgehead atoms. The van der Waals surface area contributed by atoms with Gasteiger partial charge in [0.25, 0.3) is 0 Å². The zero-order valence-corrected chi connectivity index (χ0v) is 20.6. The third-order valence-corrected chi connectivity index (χ3v) is 4.80. The summed E-state index contributed by atoms with van der Waals surface area (Å²) in [5, 5.41) is 3.12. The van der Waals surface area contributed by atoms with Gasteiger partial charge in [0.1, 0.15) is 5.60 Å². The van der Waals surface area contributed by atoms with Gasteiger partial charge in [-0.1, -0.05) is 55.6 Å². The van der Waals surface area contributed by atoms with E-state index in [2.05, 4.69) is 28.5 Å². The first kappa shape index (κ1) is 25.8. The van der Waals surface area contributed by atoms with E-state index in [0.29, 0.717) is 17.7 Å². The van der Waals surface area contributed by atoms with Crippen molar-refractivity contribution in [1.82, 2.24) is 10.3 Å².